The van der Waals surface area contributed by atoms with Crippen molar-refractivity contribution in [2.24, 2.45) is 0 Å². The van der Waals surface area contributed by atoms with Crippen molar-refractivity contribution in [2.45, 2.75) is 11.5 Å². The Morgan fingerprint density at radius 3 is 2.58 bits per heavy atom. The molecule has 1 heterocycles. The second kappa shape index (κ2) is 5.68. The molecule has 1 saturated heterocycles. The van der Waals surface area contributed by atoms with Crippen LogP contribution in [0.15, 0.2) is 36.4 Å². The first-order valence-electron chi connectivity index (χ1n) is 6.28. The first-order chi connectivity index (χ1) is 9.27. The summed E-state index contributed by atoms with van der Waals surface area (Å²) in [7, 11) is 0. The maximum Gasteiger partial charge on any atom is 0.101 e. The van der Waals surface area contributed by atoms with E-state index in [2.05, 4.69) is 0 Å². The lowest BCUT2D eigenvalue weighted by Gasteiger charge is -2.27. The van der Waals surface area contributed by atoms with Crippen LogP contribution in [0, 0.1) is 0 Å². The van der Waals surface area contributed by atoms with Gasteiger partial charge in [-0.3, -0.25) is 0 Å². The predicted octanol–water partition coefficient (Wildman–Crippen LogP) is 4.19. The van der Waals surface area contributed by atoms with Gasteiger partial charge in [-0.2, -0.15) is 0 Å². The fourth-order valence-electron chi connectivity index (χ4n) is 2.40. The Kier molecular flexibility index (Phi) is 3.94. The monoisotopic (exact) mass is 296 g/mol. The molecule has 100 valence electrons. The number of benzene rings is 2. The van der Waals surface area contributed by atoms with Gasteiger partial charge in [0.2, 0.25) is 0 Å². The van der Waals surface area contributed by atoms with E-state index in [1.54, 1.807) is 0 Å². The summed E-state index contributed by atoms with van der Waals surface area (Å²) in [4.78, 5) is 0. The highest BCUT2D eigenvalue weighted by Gasteiger charge is 2.26. The minimum absolute atomic E-state index is 0.111. The highest BCUT2D eigenvalue weighted by molar-refractivity contribution is 6.35. The first-order valence-corrected chi connectivity index (χ1v) is 7.09. The van der Waals surface area contributed by atoms with Gasteiger partial charge < -0.3 is 9.47 Å². The largest absolute Gasteiger partial charge is 0.376 e. The zero-order valence-electron chi connectivity index (χ0n) is 10.3. The molecule has 2 nitrogen and oxygen atoms in total. The van der Waals surface area contributed by atoms with Gasteiger partial charge in [-0.25, -0.2) is 0 Å². The first kappa shape index (κ1) is 13.2. The fourth-order valence-corrected chi connectivity index (χ4v) is 2.96. The maximum absolute atomic E-state index is 6.57. The summed E-state index contributed by atoms with van der Waals surface area (Å²) in [5.41, 5.74) is 1.04. The van der Waals surface area contributed by atoms with Gasteiger partial charge in [-0.15, -0.1) is 11.6 Å². The van der Waals surface area contributed by atoms with E-state index in [1.807, 2.05) is 36.4 Å². The number of halogens is 2. The SMILES string of the molecule is Clc1ccc(C(Cl)C2COCCO2)c2ccccc12. The molecule has 0 aliphatic carbocycles. The third-order valence-corrected chi connectivity index (χ3v) is 4.22. The number of fused-ring (bicyclic) bond motifs is 1. The summed E-state index contributed by atoms with van der Waals surface area (Å²) in [5.74, 6) is 0. The van der Waals surface area contributed by atoms with E-state index in [0.717, 1.165) is 21.4 Å². The Balaban J connectivity index is 2.02. The smallest absolute Gasteiger partial charge is 0.101 e. The number of hydrogen-bond acceptors (Lipinski definition) is 2. The van der Waals surface area contributed by atoms with E-state index in [9.17, 15) is 0 Å². The highest BCUT2D eigenvalue weighted by atomic mass is 35.5. The van der Waals surface area contributed by atoms with E-state index in [0.29, 0.717) is 19.8 Å². The van der Waals surface area contributed by atoms with Crippen LogP contribution in [-0.2, 0) is 9.47 Å². The second-order valence-corrected chi connectivity index (χ2v) is 5.45. The molecular formula is C15H14Cl2O2. The van der Waals surface area contributed by atoms with Crippen LogP contribution in [0.1, 0.15) is 10.9 Å². The molecule has 1 aliphatic rings. The zero-order valence-corrected chi connectivity index (χ0v) is 11.8. The Labute approximate surface area is 122 Å². The molecule has 0 bridgehead atoms. The molecule has 0 aromatic heterocycles. The van der Waals surface area contributed by atoms with Gasteiger partial charge in [0.15, 0.2) is 0 Å². The van der Waals surface area contributed by atoms with Gasteiger partial charge in [-0.1, -0.05) is 41.9 Å². The van der Waals surface area contributed by atoms with Crippen molar-refractivity contribution in [1.29, 1.82) is 0 Å². The lowest BCUT2D eigenvalue weighted by Crippen LogP contribution is -2.31. The number of hydrogen-bond donors (Lipinski definition) is 0. The lowest BCUT2D eigenvalue weighted by atomic mass is 9.99. The third-order valence-electron chi connectivity index (χ3n) is 3.37. The van der Waals surface area contributed by atoms with E-state index < -0.39 is 0 Å². The maximum atomic E-state index is 6.57. The van der Waals surface area contributed by atoms with Gasteiger partial charge >= 0.3 is 0 Å². The zero-order chi connectivity index (χ0) is 13.2. The van der Waals surface area contributed by atoms with Crippen LogP contribution in [0.4, 0.5) is 0 Å². The molecule has 1 fully saturated rings. The predicted molar refractivity (Wildman–Crippen MR) is 78.1 cm³/mol. The summed E-state index contributed by atoms with van der Waals surface area (Å²) in [6.45, 7) is 1.77. The highest BCUT2D eigenvalue weighted by Crippen LogP contribution is 2.35. The van der Waals surface area contributed by atoms with Crippen molar-refractivity contribution < 1.29 is 9.47 Å². The molecule has 2 aromatic carbocycles. The molecule has 0 N–H and O–H groups in total. The summed E-state index contributed by atoms with van der Waals surface area (Å²) in [5, 5.41) is 2.60. The molecular weight excluding hydrogens is 283 g/mol. The van der Waals surface area contributed by atoms with Crippen LogP contribution >= 0.6 is 23.2 Å². The van der Waals surface area contributed by atoms with E-state index in [4.69, 9.17) is 32.7 Å². The molecule has 0 spiro atoms. The standard InChI is InChI=1S/C15H14Cl2O2/c16-13-6-5-12(10-3-1-2-4-11(10)13)15(17)14-9-18-7-8-19-14/h1-6,14-15H,7-9H2. The van der Waals surface area contributed by atoms with Gasteiger partial charge in [0, 0.05) is 10.4 Å². The Hall–Kier alpha value is -0.800. The van der Waals surface area contributed by atoms with Crippen LogP contribution in [0.5, 0.6) is 0 Å². The normalized spacial score (nSPS) is 21.5. The summed E-state index contributed by atoms with van der Waals surface area (Å²) < 4.78 is 11.1. The molecule has 3 rings (SSSR count). The number of rotatable bonds is 2. The van der Waals surface area contributed by atoms with Crippen molar-refractivity contribution >= 4 is 34.0 Å². The molecule has 1 aliphatic heterocycles. The molecule has 4 heteroatoms. The quantitative estimate of drug-likeness (QED) is 0.774. The fraction of sp³-hybridized carbons (Fsp3) is 0.333. The van der Waals surface area contributed by atoms with Crippen molar-refractivity contribution in [3.63, 3.8) is 0 Å². The molecule has 2 aromatic rings. The van der Waals surface area contributed by atoms with Crippen LogP contribution in [0.2, 0.25) is 5.02 Å². The molecule has 2 unspecified atom stereocenters. The molecule has 19 heavy (non-hydrogen) atoms. The molecule has 0 amide bonds. The van der Waals surface area contributed by atoms with Crippen LogP contribution in [-0.4, -0.2) is 25.9 Å². The topological polar surface area (TPSA) is 18.5 Å². The Bertz CT molecular complexity index is 579. The van der Waals surface area contributed by atoms with Crippen molar-refractivity contribution in [3.05, 3.63) is 47.0 Å². The average Bonchev–Trinajstić information content (AvgIpc) is 2.48. The minimum atomic E-state index is -0.234. The van der Waals surface area contributed by atoms with Gasteiger partial charge in [0.05, 0.1) is 25.2 Å². The number of alkyl halides is 1. The van der Waals surface area contributed by atoms with Gasteiger partial charge in [0.25, 0.3) is 0 Å². The van der Waals surface area contributed by atoms with E-state index >= 15 is 0 Å². The minimum Gasteiger partial charge on any atom is -0.376 e. The summed E-state index contributed by atoms with van der Waals surface area (Å²) in [6, 6.07) is 11.9. The van der Waals surface area contributed by atoms with Crippen molar-refractivity contribution in [1.82, 2.24) is 0 Å². The Morgan fingerprint density at radius 1 is 1.05 bits per heavy atom. The molecule has 2 atom stereocenters. The molecule has 0 saturated carbocycles. The van der Waals surface area contributed by atoms with Crippen LogP contribution in [0.25, 0.3) is 10.8 Å². The van der Waals surface area contributed by atoms with E-state index in [1.165, 1.54) is 0 Å². The van der Waals surface area contributed by atoms with Crippen molar-refractivity contribution in [2.75, 3.05) is 19.8 Å². The summed E-state index contributed by atoms with van der Waals surface area (Å²) in [6.07, 6.45) is -0.111. The Morgan fingerprint density at radius 2 is 1.84 bits per heavy atom. The third kappa shape index (κ3) is 2.59. The molecule has 0 radical (unpaired) electrons. The van der Waals surface area contributed by atoms with Gasteiger partial charge in [0.1, 0.15) is 6.10 Å². The lowest BCUT2D eigenvalue weighted by molar-refractivity contribution is -0.0891. The van der Waals surface area contributed by atoms with E-state index in [-0.39, 0.29) is 11.5 Å². The van der Waals surface area contributed by atoms with Crippen LogP contribution in [0.3, 0.4) is 0 Å². The average molecular weight is 297 g/mol. The van der Waals surface area contributed by atoms with Crippen molar-refractivity contribution in [3.8, 4) is 0 Å². The van der Waals surface area contributed by atoms with Gasteiger partial charge in [-0.05, 0) is 17.0 Å². The van der Waals surface area contributed by atoms with Crippen LogP contribution < -0.4 is 0 Å². The number of ether oxygens (including phenoxy) is 2. The summed E-state index contributed by atoms with van der Waals surface area (Å²) >= 11 is 12.8. The second-order valence-electron chi connectivity index (χ2n) is 4.57.